The van der Waals surface area contributed by atoms with Crippen molar-refractivity contribution in [1.29, 1.82) is 0 Å². The summed E-state index contributed by atoms with van der Waals surface area (Å²) in [4.78, 5) is 0. The van der Waals surface area contributed by atoms with Gasteiger partial charge in [-0.25, -0.2) is 4.39 Å². The highest BCUT2D eigenvalue weighted by Gasteiger charge is 2.23. The molecule has 118 valence electrons. The third kappa shape index (κ3) is 4.70. The molecule has 0 bridgehead atoms. The lowest BCUT2D eigenvalue weighted by Gasteiger charge is -2.31. The van der Waals surface area contributed by atoms with E-state index in [-0.39, 0.29) is 5.82 Å². The van der Waals surface area contributed by atoms with E-state index in [1.807, 2.05) is 6.07 Å². The number of halogens is 1. The zero-order chi connectivity index (χ0) is 15.1. The first-order chi connectivity index (χ1) is 10.2. The Balaban J connectivity index is 2.04. The van der Waals surface area contributed by atoms with E-state index in [1.165, 1.54) is 39.2 Å². The molecule has 0 aromatic heterocycles. The number of ether oxygens (including phenoxy) is 1. The highest BCUT2D eigenvalue weighted by molar-refractivity contribution is 5.29. The Labute approximate surface area is 128 Å². The first kappa shape index (κ1) is 16.3. The summed E-state index contributed by atoms with van der Waals surface area (Å²) in [6, 6.07) is 5.83. The summed E-state index contributed by atoms with van der Waals surface area (Å²) in [5.41, 5.74) is 1.06. The average Bonchev–Trinajstić information content (AvgIpc) is 2.52. The third-order valence-electron chi connectivity index (χ3n) is 4.55. The van der Waals surface area contributed by atoms with Crippen LogP contribution < -0.4 is 10.1 Å². The van der Waals surface area contributed by atoms with E-state index in [9.17, 15) is 4.39 Å². The smallest absolute Gasteiger partial charge is 0.165 e. The summed E-state index contributed by atoms with van der Waals surface area (Å²) < 4.78 is 18.8. The molecule has 0 saturated heterocycles. The number of hydrogen-bond acceptors (Lipinski definition) is 2. The van der Waals surface area contributed by atoms with Crippen molar-refractivity contribution in [3.8, 4) is 5.75 Å². The van der Waals surface area contributed by atoms with Crippen LogP contribution in [0.1, 0.15) is 51.0 Å². The average molecular weight is 293 g/mol. The van der Waals surface area contributed by atoms with Crippen LogP contribution in [0.25, 0.3) is 0 Å². The molecule has 1 N–H and O–H groups in total. The molecular weight excluding hydrogens is 265 g/mol. The number of benzene rings is 1. The first-order valence-corrected chi connectivity index (χ1v) is 8.30. The van der Waals surface area contributed by atoms with Gasteiger partial charge in [0.15, 0.2) is 11.6 Å². The maximum atomic E-state index is 13.8. The molecule has 1 unspecified atom stereocenters. The van der Waals surface area contributed by atoms with Crippen LogP contribution in [0.2, 0.25) is 0 Å². The Morgan fingerprint density at radius 2 is 2.05 bits per heavy atom. The van der Waals surface area contributed by atoms with Crippen LogP contribution in [0.4, 0.5) is 4.39 Å². The van der Waals surface area contributed by atoms with E-state index in [2.05, 4.69) is 12.2 Å². The van der Waals surface area contributed by atoms with Crippen molar-refractivity contribution >= 4 is 0 Å². The molecule has 1 fully saturated rings. The summed E-state index contributed by atoms with van der Waals surface area (Å²) in [5.74, 6) is 0.804. The lowest BCUT2D eigenvalue weighted by molar-refractivity contribution is 0.267. The molecule has 0 spiro atoms. The van der Waals surface area contributed by atoms with Crippen molar-refractivity contribution in [3.63, 3.8) is 0 Å². The largest absolute Gasteiger partial charge is 0.494 e. The zero-order valence-corrected chi connectivity index (χ0v) is 13.3. The highest BCUT2D eigenvalue weighted by atomic mass is 19.1. The lowest BCUT2D eigenvalue weighted by Crippen LogP contribution is -2.39. The molecule has 1 aromatic rings. The molecule has 1 saturated carbocycles. The van der Waals surface area contributed by atoms with E-state index >= 15 is 0 Å². The molecule has 0 aliphatic heterocycles. The monoisotopic (exact) mass is 293 g/mol. The fourth-order valence-corrected chi connectivity index (χ4v) is 3.36. The van der Waals surface area contributed by atoms with Crippen LogP contribution in [0.3, 0.4) is 0 Å². The van der Waals surface area contributed by atoms with Gasteiger partial charge in [-0.15, -0.1) is 0 Å². The second kappa shape index (κ2) is 8.38. The molecule has 0 radical (unpaired) electrons. The van der Waals surface area contributed by atoms with Gasteiger partial charge in [0.2, 0.25) is 0 Å². The quantitative estimate of drug-likeness (QED) is 0.808. The summed E-state index contributed by atoms with van der Waals surface area (Å²) in [6.45, 7) is 3.23. The van der Waals surface area contributed by atoms with Crippen LogP contribution >= 0.6 is 0 Å². The molecule has 21 heavy (non-hydrogen) atoms. The Morgan fingerprint density at radius 1 is 1.29 bits per heavy atom. The summed E-state index contributed by atoms with van der Waals surface area (Å²) in [7, 11) is 1.51. The molecule has 1 aliphatic rings. The molecule has 3 heteroatoms. The molecule has 0 heterocycles. The van der Waals surface area contributed by atoms with Crippen molar-refractivity contribution in [2.24, 2.45) is 5.92 Å². The SMILES string of the molecule is CCCNC(Cc1ccc(OC)c(F)c1)C1CCCCC1. The normalized spacial score (nSPS) is 17.7. The molecule has 1 atom stereocenters. The Hall–Kier alpha value is -1.09. The Kier molecular flexibility index (Phi) is 6.50. The number of hydrogen-bond donors (Lipinski definition) is 1. The molecule has 1 aliphatic carbocycles. The van der Waals surface area contributed by atoms with Gasteiger partial charge in [0.05, 0.1) is 7.11 Å². The summed E-state index contributed by atoms with van der Waals surface area (Å²) >= 11 is 0. The predicted octanol–water partition coefficient (Wildman–Crippen LogP) is 4.33. The van der Waals surface area contributed by atoms with Crippen LogP contribution in [0.15, 0.2) is 18.2 Å². The van der Waals surface area contributed by atoms with Crippen LogP contribution in [-0.4, -0.2) is 19.7 Å². The van der Waals surface area contributed by atoms with Gasteiger partial charge in [-0.3, -0.25) is 0 Å². The maximum Gasteiger partial charge on any atom is 0.165 e. The molecule has 2 rings (SSSR count). The third-order valence-corrected chi connectivity index (χ3v) is 4.55. The number of rotatable bonds is 7. The fraction of sp³-hybridized carbons (Fsp3) is 0.667. The van der Waals surface area contributed by atoms with Gasteiger partial charge in [-0.2, -0.15) is 0 Å². The van der Waals surface area contributed by atoms with Gasteiger partial charge < -0.3 is 10.1 Å². The van der Waals surface area contributed by atoms with Gasteiger partial charge >= 0.3 is 0 Å². The van der Waals surface area contributed by atoms with E-state index in [0.717, 1.165) is 30.9 Å². The Bertz CT molecular complexity index is 429. The minimum absolute atomic E-state index is 0.257. The van der Waals surface area contributed by atoms with Gasteiger partial charge in [0, 0.05) is 6.04 Å². The van der Waals surface area contributed by atoms with E-state index in [1.54, 1.807) is 12.1 Å². The molecular formula is C18H28FNO. The van der Waals surface area contributed by atoms with Crippen molar-refractivity contribution in [2.45, 2.75) is 57.9 Å². The van der Waals surface area contributed by atoms with Gasteiger partial charge in [-0.1, -0.05) is 32.3 Å². The topological polar surface area (TPSA) is 21.3 Å². The van der Waals surface area contributed by atoms with Crippen molar-refractivity contribution in [2.75, 3.05) is 13.7 Å². The first-order valence-electron chi connectivity index (χ1n) is 8.30. The second-order valence-corrected chi connectivity index (χ2v) is 6.13. The van der Waals surface area contributed by atoms with Crippen LogP contribution in [0.5, 0.6) is 5.75 Å². The van der Waals surface area contributed by atoms with E-state index < -0.39 is 0 Å². The van der Waals surface area contributed by atoms with Crippen molar-refractivity contribution in [1.82, 2.24) is 5.32 Å². The van der Waals surface area contributed by atoms with E-state index in [4.69, 9.17) is 4.74 Å². The maximum absolute atomic E-state index is 13.8. The number of nitrogens with one attached hydrogen (secondary N) is 1. The second-order valence-electron chi connectivity index (χ2n) is 6.13. The van der Waals surface area contributed by atoms with Crippen LogP contribution in [0, 0.1) is 11.7 Å². The van der Waals surface area contributed by atoms with Crippen molar-refractivity contribution in [3.05, 3.63) is 29.6 Å². The highest BCUT2D eigenvalue weighted by Crippen LogP contribution is 2.29. The standard InChI is InChI=1S/C18H28FNO/c1-3-11-20-17(15-7-5-4-6-8-15)13-14-9-10-18(21-2)16(19)12-14/h9-10,12,15,17,20H,3-8,11,13H2,1-2H3. The zero-order valence-electron chi connectivity index (χ0n) is 13.3. The Morgan fingerprint density at radius 3 is 2.67 bits per heavy atom. The lowest BCUT2D eigenvalue weighted by atomic mass is 9.81. The predicted molar refractivity (Wildman–Crippen MR) is 85.3 cm³/mol. The van der Waals surface area contributed by atoms with E-state index in [0.29, 0.717) is 11.8 Å². The van der Waals surface area contributed by atoms with Gasteiger partial charge in [0.1, 0.15) is 0 Å². The molecule has 0 amide bonds. The minimum atomic E-state index is -0.257. The summed E-state index contributed by atoms with van der Waals surface area (Å²) in [5, 5.41) is 3.68. The van der Waals surface area contributed by atoms with Gasteiger partial charge in [0.25, 0.3) is 0 Å². The van der Waals surface area contributed by atoms with Crippen LogP contribution in [-0.2, 0) is 6.42 Å². The number of methoxy groups -OCH3 is 1. The summed E-state index contributed by atoms with van der Waals surface area (Å²) in [6.07, 6.45) is 8.71. The van der Waals surface area contributed by atoms with Crippen molar-refractivity contribution < 1.29 is 9.13 Å². The minimum Gasteiger partial charge on any atom is -0.494 e. The molecule has 1 aromatic carbocycles. The van der Waals surface area contributed by atoms with Gasteiger partial charge in [-0.05, 0) is 55.8 Å². The fourth-order valence-electron chi connectivity index (χ4n) is 3.36. The molecule has 2 nitrogen and oxygen atoms in total.